The van der Waals surface area contributed by atoms with Crippen LogP contribution in [-0.2, 0) is 16.0 Å². The molecule has 0 bridgehead atoms. The van der Waals surface area contributed by atoms with Gasteiger partial charge in [0, 0.05) is 23.1 Å². The zero-order valence-electron chi connectivity index (χ0n) is 13.2. The molecule has 6 nitrogen and oxygen atoms in total. The third-order valence-electron chi connectivity index (χ3n) is 4.58. The van der Waals surface area contributed by atoms with Gasteiger partial charge in [0.15, 0.2) is 6.10 Å². The van der Waals surface area contributed by atoms with Crippen LogP contribution in [0.2, 0.25) is 10.0 Å². The van der Waals surface area contributed by atoms with Crippen molar-refractivity contribution in [1.82, 2.24) is 9.80 Å². The van der Waals surface area contributed by atoms with Crippen LogP contribution in [0.25, 0.3) is 0 Å². The molecule has 1 unspecified atom stereocenters. The number of nitrogens with zero attached hydrogens (tertiary/aromatic N) is 2. The van der Waals surface area contributed by atoms with Gasteiger partial charge in [0.25, 0.3) is 5.91 Å². The summed E-state index contributed by atoms with van der Waals surface area (Å²) in [5.74, 6) is -0.204. The highest BCUT2D eigenvalue weighted by molar-refractivity contribution is 6.35. The summed E-state index contributed by atoms with van der Waals surface area (Å²) in [5.41, 5.74) is 1.94. The lowest BCUT2D eigenvalue weighted by atomic mass is 9.93. The molecule has 24 heavy (non-hydrogen) atoms. The molecular weight excluding hydrogens is 355 g/mol. The van der Waals surface area contributed by atoms with Gasteiger partial charge >= 0.3 is 6.09 Å². The summed E-state index contributed by atoms with van der Waals surface area (Å²) in [6.07, 6.45) is -1.16. The van der Waals surface area contributed by atoms with E-state index in [1.165, 1.54) is 4.90 Å². The van der Waals surface area contributed by atoms with E-state index in [1.807, 2.05) is 13.0 Å². The van der Waals surface area contributed by atoms with E-state index in [2.05, 4.69) is 0 Å². The molecule has 0 saturated carbocycles. The largest absolute Gasteiger partial charge is 0.465 e. The van der Waals surface area contributed by atoms with Gasteiger partial charge in [-0.1, -0.05) is 23.2 Å². The second kappa shape index (κ2) is 6.78. The van der Waals surface area contributed by atoms with E-state index in [1.54, 1.807) is 11.0 Å². The third-order valence-corrected chi connectivity index (χ3v) is 5.11. The molecule has 1 fully saturated rings. The standard InChI is InChI=1S/C16H18Cl2N2O4/c1-9-14-10(6-11(17)7-12(14)18)2-3-20(9)15(21)13-8-19(16(22)23)4-5-24-13/h6-7,9,13H,2-5,8H2,1H3,(H,22,23)/t9?,13-/m0/s1. The number of carbonyl (C=O) groups is 2. The number of amides is 2. The summed E-state index contributed by atoms with van der Waals surface area (Å²) in [6, 6.07) is 3.34. The van der Waals surface area contributed by atoms with Crippen LogP contribution in [0.3, 0.4) is 0 Å². The normalized spacial score (nSPS) is 23.8. The van der Waals surface area contributed by atoms with E-state index < -0.39 is 12.2 Å². The Morgan fingerprint density at radius 3 is 2.75 bits per heavy atom. The number of ether oxygens (including phenoxy) is 1. The molecule has 2 aliphatic heterocycles. The van der Waals surface area contributed by atoms with Crippen molar-refractivity contribution < 1.29 is 19.4 Å². The summed E-state index contributed by atoms with van der Waals surface area (Å²) < 4.78 is 5.51. The molecule has 0 spiro atoms. The molecule has 1 aromatic carbocycles. The van der Waals surface area contributed by atoms with E-state index in [0.717, 1.165) is 11.1 Å². The second-order valence-electron chi connectivity index (χ2n) is 6.01. The van der Waals surface area contributed by atoms with Gasteiger partial charge in [-0.15, -0.1) is 0 Å². The molecule has 2 atom stereocenters. The van der Waals surface area contributed by atoms with Crippen LogP contribution < -0.4 is 0 Å². The van der Waals surface area contributed by atoms with E-state index in [4.69, 9.17) is 33.0 Å². The summed E-state index contributed by atoms with van der Waals surface area (Å²) >= 11 is 12.4. The van der Waals surface area contributed by atoms with Crippen LogP contribution in [0, 0.1) is 0 Å². The first-order valence-corrected chi connectivity index (χ1v) is 8.52. The first-order chi connectivity index (χ1) is 11.4. The first kappa shape index (κ1) is 17.3. The van der Waals surface area contributed by atoms with Gasteiger partial charge in [-0.2, -0.15) is 0 Å². The number of carbonyl (C=O) groups excluding carboxylic acids is 1. The Bertz CT molecular complexity index is 682. The minimum absolute atomic E-state index is 0.0542. The highest BCUT2D eigenvalue weighted by Crippen LogP contribution is 2.37. The van der Waals surface area contributed by atoms with E-state index in [9.17, 15) is 9.59 Å². The maximum atomic E-state index is 12.8. The Labute approximate surface area is 149 Å². The summed E-state index contributed by atoms with van der Waals surface area (Å²) in [4.78, 5) is 26.9. The van der Waals surface area contributed by atoms with E-state index in [0.29, 0.717) is 23.0 Å². The van der Waals surface area contributed by atoms with Gasteiger partial charge < -0.3 is 19.6 Å². The number of halogens is 2. The van der Waals surface area contributed by atoms with Crippen LogP contribution in [0.15, 0.2) is 12.1 Å². The summed E-state index contributed by atoms with van der Waals surface area (Å²) in [7, 11) is 0. The molecule has 2 amide bonds. The van der Waals surface area contributed by atoms with Crippen molar-refractivity contribution in [3.63, 3.8) is 0 Å². The molecule has 0 radical (unpaired) electrons. The Hall–Kier alpha value is -1.50. The van der Waals surface area contributed by atoms with E-state index in [-0.39, 0.29) is 31.6 Å². The Morgan fingerprint density at radius 1 is 1.29 bits per heavy atom. The quantitative estimate of drug-likeness (QED) is 0.822. The fourth-order valence-corrected chi connectivity index (χ4v) is 4.06. The number of fused-ring (bicyclic) bond motifs is 1. The fraction of sp³-hybridized carbons (Fsp3) is 0.500. The third kappa shape index (κ3) is 3.18. The van der Waals surface area contributed by atoms with Gasteiger partial charge in [-0.25, -0.2) is 4.79 Å². The number of hydrogen-bond donors (Lipinski definition) is 1. The number of benzene rings is 1. The summed E-state index contributed by atoms with van der Waals surface area (Å²) in [5, 5.41) is 10.2. The maximum Gasteiger partial charge on any atom is 0.407 e. The van der Waals surface area contributed by atoms with Crippen molar-refractivity contribution in [2.45, 2.75) is 25.5 Å². The molecule has 1 N–H and O–H groups in total. The van der Waals surface area contributed by atoms with Crippen molar-refractivity contribution in [1.29, 1.82) is 0 Å². The van der Waals surface area contributed by atoms with Gasteiger partial charge in [0.2, 0.25) is 0 Å². The average Bonchev–Trinajstić information content (AvgIpc) is 2.54. The van der Waals surface area contributed by atoms with Gasteiger partial charge in [0.05, 0.1) is 19.2 Å². The molecule has 0 aliphatic carbocycles. The molecule has 2 heterocycles. The number of morpholine rings is 1. The SMILES string of the molecule is CC1c2c(Cl)cc(Cl)cc2CCN1C(=O)[C@@H]1CN(C(=O)O)CCO1. The van der Waals surface area contributed by atoms with Crippen molar-refractivity contribution >= 4 is 35.2 Å². The zero-order valence-corrected chi connectivity index (χ0v) is 14.7. The fourth-order valence-electron chi connectivity index (χ4n) is 3.36. The topological polar surface area (TPSA) is 70.1 Å². The highest BCUT2D eigenvalue weighted by Gasteiger charge is 2.36. The monoisotopic (exact) mass is 372 g/mol. The Morgan fingerprint density at radius 2 is 2.04 bits per heavy atom. The Balaban J connectivity index is 1.80. The van der Waals surface area contributed by atoms with Crippen molar-refractivity contribution in [3.8, 4) is 0 Å². The van der Waals surface area contributed by atoms with Crippen LogP contribution in [-0.4, -0.2) is 59.3 Å². The second-order valence-corrected chi connectivity index (χ2v) is 6.85. The average molecular weight is 373 g/mol. The molecule has 2 aliphatic rings. The minimum Gasteiger partial charge on any atom is -0.465 e. The molecule has 3 rings (SSSR count). The van der Waals surface area contributed by atoms with E-state index >= 15 is 0 Å². The molecule has 1 aromatic rings. The Kier molecular flexibility index (Phi) is 4.90. The van der Waals surface area contributed by atoms with Crippen LogP contribution >= 0.6 is 23.2 Å². The summed E-state index contributed by atoms with van der Waals surface area (Å²) in [6.45, 7) is 2.99. The lowest BCUT2D eigenvalue weighted by Gasteiger charge is -2.39. The number of carboxylic acid groups (broad SMARTS) is 1. The zero-order chi connectivity index (χ0) is 17.4. The van der Waals surface area contributed by atoms with Gasteiger partial charge in [0.1, 0.15) is 0 Å². The van der Waals surface area contributed by atoms with Crippen LogP contribution in [0.1, 0.15) is 24.1 Å². The maximum absolute atomic E-state index is 12.8. The molecule has 8 heteroatoms. The number of rotatable bonds is 1. The lowest BCUT2D eigenvalue weighted by Crippen LogP contribution is -2.53. The van der Waals surface area contributed by atoms with Crippen molar-refractivity contribution in [2.75, 3.05) is 26.2 Å². The van der Waals surface area contributed by atoms with Crippen molar-refractivity contribution in [2.24, 2.45) is 0 Å². The van der Waals surface area contributed by atoms with Crippen molar-refractivity contribution in [3.05, 3.63) is 33.3 Å². The smallest absolute Gasteiger partial charge is 0.407 e. The predicted molar refractivity (Wildman–Crippen MR) is 89.6 cm³/mol. The van der Waals surface area contributed by atoms with Crippen LogP contribution in [0.4, 0.5) is 4.79 Å². The van der Waals surface area contributed by atoms with Gasteiger partial charge in [-0.05, 0) is 36.6 Å². The molecule has 1 saturated heterocycles. The molecular formula is C16H18Cl2N2O4. The minimum atomic E-state index is -1.04. The predicted octanol–water partition coefficient (Wildman–Crippen LogP) is 2.82. The van der Waals surface area contributed by atoms with Gasteiger partial charge in [-0.3, -0.25) is 4.79 Å². The lowest BCUT2D eigenvalue weighted by molar-refractivity contribution is -0.151. The first-order valence-electron chi connectivity index (χ1n) is 7.76. The highest BCUT2D eigenvalue weighted by atomic mass is 35.5. The molecule has 130 valence electrons. The number of hydrogen-bond acceptors (Lipinski definition) is 3. The molecule has 0 aromatic heterocycles. The van der Waals surface area contributed by atoms with Crippen LogP contribution in [0.5, 0.6) is 0 Å².